The van der Waals surface area contributed by atoms with Crippen LogP contribution in [0.5, 0.6) is 5.75 Å². The molecular formula is C25H22F2N2O4. The number of furan rings is 1. The maximum atomic E-state index is 13.9. The summed E-state index contributed by atoms with van der Waals surface area (Å²) in [5.41, 5.74) is 9.40. The fraction of sp³-hybridized carbons (Fsp3) is 0.200. The number of benzene rings is 2. The van der Waals surface area contributed by atoms with Crippen LogP contribution in [0.1, 0.15) is 23.7 Å². The number of nitrogens with two attached hydrogens (primary N) is 1. The summed E-state index contributed by atoms with van der Waals surface area (Å²) in [6.07, 6.45) is 1.58. The lowest BCUT2D eigenvalue weighted by Crippen LogP contribution is -2.09. The van der Waals surface area contributed by atoms with E-state index >= 15 is 0 Å². The number of fused-ring (bicyclic) bond motifs is 1. The molecule has 0 saturated heterocycles. The van der Waals surface area contributed by atoms with Crippen LogP contribution in [0.4, 0.5) is 8.78 Å². The van der Waals surface area contributed by atoms with E-state index in [1.807, 2.05) is 12.1 Å². The Labute approximate surface area is 188 Å². The Balaban J connectivity index is 1.66. The minimum absolute atomic E-state index is 0.0421. The second-order valence-corrected chi connectivity index (χ2v) is 7.37. The Kier molecular flexibility index (Phi) is 6.65. The van der Waals surface area contributed by atoms with Crippen molar-refractivity contribution in [2.24, 2.45) is 5.73 Å². The number of rotatable bonds is 8. The van der Waals surface area contributed by atoms with Gasteiger partial charge in [0.2, 0.25) is 0 Å². The quantitative estimate of drug-likeness (QED) is 0.382. The van der Waals surface area contributed by atoms with Crippen LogP contribution in [0.25, 0.3) is 22.1 Å². The number of nitrogens with zero attached hydrogens (tertiary/aromatic N) is 1. The van der Waals surface area contributed by atoms with Gasteiger partial charge < -0.3 is 19.6 Å². The monoisotopic (exact) mass is 452 g/mol. The highest BCUT2D eigenvalue weighted by molar-refractivity contribution is 5.93. The van der Waals surface area contributed by atoms with Crippen molar-refractivity contribution in [3.8, 4) is 16.9 Å². The first-order chi connectivity index (χ1) is 16.0. The van der Waals surface area contributed by atoms with Gasteiger partial charge in [0.1, 0.15) is 23.8 Å². The summed E-state index contributed by atoms with van der Waals surface area (Å²) in [7, 11) is 0. The second kappa shape index (κ2) is 9.79. The molecule has 2 aromatic carbocycles. The molecule has 0 amide bonds. The SMILES string of the molecule is CCOC(=O)Cc1ccc(F)cc1OCc1cc(-c2ccnc(CN)c2)c2oc(F)cc2c1. The Bertz CT molecular complexity index is 1300. The molecule has 8 heteroatoms. The molecule has 0 atom stereocenters. The molecule has 0 aliphatic rings. The van der Waals surface area contributed by atoms with Crippen molar-refractivity contribution < 1.29 is 27.5 Å². The van der Waals surface area contributed by atoms with Crippen LogP contribution in [-0.2, 0) is 29.1 Å². The van der Waals surface area contributed by atoms with E-state index in [0.717, 1.165) is 5.56 Å². The van der Waals surface area contributed by atoms with Gasteiger partial charge in [0, 0.05) is 41.4 Å². The van der Waals surface area contributed by atoms with Crippen molar-refractivity contribution in [3.63, 3.8) is 0 Å². The number of hydrogen-bond acceptors (Lipinski definition) is 6. The summed E-state index contributed by atoms with van der Waals surface area (Å²) < 4.78 is 43.9. The van der Waals surface area contributed by atoms with E-state index in [1.165, 1.54) is 24.3 Å². The van der Waals surface area contributed by atoms with Gasteiger partial charge in [-0.05, 0) is 48.4 Å². The van der Waals surface area contributed by atoms with Crippen LogP contribution in [0.15, 0.2) is 59.1 Å². The van der Waals surface area contributed by atoms with Gasteiger partial charge in [-0.3, -0.25) is 9.78 Å². The number of halogens is 2. The van der Waals surface area contributed by atoms with E-state index in [4.69, 9.17) is 19.6 Å². The van der Waals surface area contributed by atoms with Gasteiger partial charge in [0.05, 0.1) is 18.7 Å². The van der Waals surface area contributed by atoms with Gasteiger partial charge in [0.25, 0.3) is 6.01 Å². The summed E-state index contributed by atoms with van der Waals surface area (Å²) in [6, 6.07) is 11.7. The summed E-state index contributed by atoms with van der Waals surface area (Å²) >= 11 is 0. The first-order valence-corrected chi connectivity index (χ1v) is 10.4. The minimum Gasteiger partial charge on any atom is -0.488 e. The Morgan fingerprint density at radius 3 is 2.76 bits per heavy atom. The lowest BCUT2D eigenvalue weighted by atomic mass is 10.0. The molecule has 0 aliphatic carbocycles. The number of carbonyl (C=O) groups excluding carboxylic acids is 1. The molecule has 0 spiro atoms. The minimum atomic E-state index is -0.709. The van der Waals surface area contributed by atoms with Crippen molar-refractivity contribution in [2.75, 3.05) is 6.61 Å². The molecule has 2 aromatic heterocycles. The zero-order valence-electron chi connectivity index (χ0n) is 17.9. The van der Waals surface area contributed by atoms with Gasteiger partial charge in [0.15, 0.2) is 0 Å². The Hall–Kier alpha value is -3.78. The van der Waals surface area contributed by atoms with E-state index in [1.54, 1.807) is 25.3 Å². The molecule has 33 heavy (non-hydrogen) atoms. The molecule has 0 unspecified atom stereocenters. The third kappa shape index (κ3) is 5.18. The molecule has 0 radical (unpaired) electrons. The van der Waals surface area contributed by atoms with Gasteiger partial charge >= 0.3 is 5.97 Å². The second-order valence-electron chi connectivity index (χ2n) is 7.37. The Morgan fingerprint density at radius 1 is 1.12 bits per heavy atom. The summed E-state index contributed by atoms with van der Waals surface area (Å²) in [5.74, 6) is -0.686. The molecule has 0 bridgehead atoms. The summed E-state index contributed by atoms with van der Waals surface area (Å²) in [6.45, 7) is 2.28. The molecule has 6 nitrogen and oxygen atoms in total. The maximum Gasteiger partial charge on any atom is 0.310 e. The Morgan fingerprint density at radius 2 is 1.97 bits per heavy atom. The molecule has 0 saturated carbocycles. The van der Waals surface area contributed by atoms with Crippen molar-refractivity contribution in [1.29, 1.82) is 0 Å². The average Bonchev–Trinajstić information content (AvgIpc) is 3.18. The van der Waals surface area contributed by atoms with Crippen LogP contribution in [0.2, 0.25) is 0 Å². The number of ether oxygens (including phenoxy) is 2. The van der Waals surface area contributed by atoms with E-state index in [0.29, 0.717) is 33.4 Å². The van der Waals surface area contributed by atoms with Crippen LogP contribution < -0.4 is 10.5 Å². The van der Waals surface area contributed by atoms with Gasteiger partial charge in [-0.1, -0.05) is 6.07 Å². The maximum absolute atomic E-state index is 13.9. The standard InChI is InChI=1S/C25H22F2N2O4/c1-2-31-24(30)11-17-3-4-19(26)12-22(17)32-14-15-7-18-10-23(27)33-25(18)21(8-15)16-5-6-29-20(9-16)13-28/h3-10,12H,2,11,13-14,28H2,1H3. The lowest BCUT2D eigenvalue weighted by Gasteiger charge is -2.13. The van der Waals surface area contributed by atoms with Crippen molar-refractivity contribution in [2.45, 2.75) is 26.5 Å². The summed E-state index contributed by atoms with van der Waals surface area (Å²) in [4.78, 5) is 16.1. The molecule has 4 aromatic rings. The van der Waals surface area contributed by atoms with Crippen LogP contribution in [0.3, 0.4) is 0 Å². The van der Waals surface area contributed by atoms with E-state index in [9.17, 15) is 13.6 Å². The smallest absolute Gasteiger partial charge is 0.310 e. The summed E-state index contributed by atoms with van der Waals surface area (Å²) in [5, 5.41) is 0.556. The number of esters is 1. The van der Waals surface area contributed by atoms with Gasteiger partial charge in [-0.15, -0.1) is 0 Å². The van der Waals surface area contributed by atoms with Crippen molar-refractivity contribution in [1.82, 2.24) is 4.98 Å². The topological polar surface area (TPSA) is 87.6 Å². The number of carbonyl (C=O) groups is 1. The zero-order chi connectivity index (χ0) is 23.4. The zero-order valence-corrected chi connectivity index (χ0v) is 17.9. The highest BCUT2D eigenvalue weighted by Crippen LogP contribution is 2.33. The molecule has 0 aliphatic heterocycles. The third-order valence-corrected chi connectivity index (χ3v) is 5.05. The number of hydrogen-bond donors (Lipinski definition) is 1. The molecule has 0 fully saturated rings. The van der Waals surface area contributed by atoms with Crippen molar-refractivity contribution in [3.05, 3.63) is 83.4 Å². The van der Waals surface area contributed by atoms with Crippen LogP contribution in [0, 0.1) is 11.8 Å². The van der Waals surface area contributed by atoms with E-state index < -0.39 is 17.8 Å². The fourth-order valence-corrected chi connectivity index (χ4v) is 3.58. The highest BCUT2D eigenvalue weighted by atomic mass is 19.1. The molecule has 2 N–H and O–H groups in total. The first-order valence-electron chi connectivity index (χ1n) is 10.4. The van der Waals surface area contributed by atoms with E-state index in [-0.39, 0.29) is 31.9 Å². The molecular weight excluding hydrogens is 430 g/mol. The largest absolute Gasteiger partial charge is 0.488 e. The molecule has 2 heterocycles. The highest BCUT2D eigenvalue weighted by Gasteiger charge is 2.15. The lowest BCUT2D eigenvalue weighted by molar-refractivity contribution is -0.142. The third-order valence-electron chi connectivity index (χ3n) is 5.05. The van der Waals surface area contributed by atoms with Gasteiger partial charge in [-0.25, -0.2) is 4.39 Å². The first kappa shape index (κ1) is 22.4. The normalized spacial score (nSPS) is 11.0. The van der Waals surface area contributed by atoms with E-state index in [2.05, 4.69) is 4.98 Å². The molecule has 170 valence electrons. The van der Waals surface area contributed by atoms with Crippen LogP contribution >= 0.6 is 0 Å². The number of pyridine rings is 1. The van der Waals surface area contributed by atoms with Gasteiger partial charge in [-0.2, -0.15) is 4.39 Å². The number of aromatic nitrogens is 1. The van der Waals surface area contributed by atoms with Crippen molar-refractivity contribution >= 4 is 16.9 Å². The van der Waals surface area contributed by atoms with Crippen LogP contribution in [-0.4, -0.2) is 17.6 Å². The predicted octanol–water partition coefficient (Wildman–Crippen LogP) is 4.92. The fourth-order valence-electron chi connectivity index (χ4n) is 3.58. The average molecular weight is 452 g/mol. The predicted molar refractivity (Wildman–Crippen MR) is 118 cm³/mol. The molecule has 4 rings (SSSR count).